The summed E-state index contributed by atoms with van der Waals surface area (Å²) in [5.41, 5.74) is 1.93. The van der Waals surface area contributed by atoms with Gasteiger partial charge in [0.15, 0.2) is 0 Å². The Balaban J connectivity index is 2.22. The molecular formula is C15H21NO2. The molecule has 3 nitrogen and oxygen atoms in total. The van der Waals surface area contributed by atoms with E-state index in [1.807, 2.05) is 12.1 Å². The van der Waals surface area contributed by atoms with Crippen molar-refractivity contribution >= 4 is 5.97 Å². The molecule has 0 amide bonds. The molecule has 0 aromatic heterocycles. The van der Waals surface area contributed by atoms with E-state index in [0.29, 0.717) is 5.92 Å². The van der Waals surface area contributed by atoms with Crippen LogP contribution in [0.15, 0.2) is 24.3 Å². The molecule has 3 heteroatoms. The van der Waals surface area contributed by atoms with E-state index in [2.05, 4.69) is 31.3 Å². The number of rotatable bonds is 4. The van der Waals surface area contributed by atoms with E-state index in [9.17, 15) is 4.79 Å². The number of carbonyl (C=O) groups is 1. The van der Waals surface area contributed by atoms with Crippen molar-refractivity contribution in [2.45, 2.75) is 32.2 Å². The van der Waals surface area contributed by atoms with E-state index >= 15 is 0 Å². The van der Waals surface area contributed by atoms with E-state index in [1.165, 1.54) is 18.2 Å². The first kappa shape index (κ1) is 13.1. The molecular weight excluding hydrogens is 226 g/mol. The molecule has 1 aliphatic carbocycles. The number of esters is 1. The lowest BCUT2D eigenvalue weighted by atomic mass is 9.95. The van der Waals surface area contributed by atoms with Gasteiger partial charge in [0.05, 0.1) is 7.11 Å². The molecule has 0 atom stereocenters. The number of methoxy groups -OCH3 is 1. The predicted octanol–water partition coefficient (Wildman–Crippen LogP) is 1.94. The molecule has 0 unspecified atom stereocenters. The van der Waals surface area contributed by atoms with Crippen molar-refractivity contribution in [3.05, 3.63) is 35.4 Å². The standard InChI is InChI=1S/C15H21NO2/c1-11(2)10-16-15(14(17)18-3)8-12-6-4-5-7-13(12)9-15/h4-7,11,16H,8-10H2,1-3H3. The van der Waals surface area contributed by atoms with Crippen LogP contribution in [0, 0.1) is 5.92 Å². The van der Waals surface area contributed by atoms with Crippen molar-refractivity contribution in [3.63, 3.8) is 0 Å². The molecule has 0 saturated heterocycles. The van der Waals surface area contributed by atoms with Crippen LogP contribution in [0.5, 0.6) is 0 Å². The number of ether oxygens (including phenoxy) is 1. The molecule has 0 fully saturated rings. The summed E-state index contributed by atoms with van der Waals surface area (Å²) >= 11 is 0. The van der Waals surface area contributed by atoms with Crippen LogP contribution < -0.4 is 5.32 Å². The second-order valence-corrected chi connectivity index (χ2v) is 5.47. The van der Waals surface area contributed by atoms with Crippen LogP contribution in [0.25, 0.3) is 0 Å². The summed E-state index contributed by atoms with van der Waals surface area (Å²) in [5.74, 6) is 0.356. The highest BCUT2D eigenvalue weighted by molar-refractivity contribution is 5.83. The second-order valence-electron chi connectivity index (χ2n) is 5.47. The Kier molecular flexibility index (Phi) is 3.71. The van der Waals surface area contributed by atoms with Gasteiger partial charge in [0.25, 0.3) is 0 Å². The van der Waals surface area contributed by atoms with Gasteiger partial charge in [-0.1, -0.05) is 38.1 Å². The lowest BCUT2D eigenvalue weighted by Gasteiger charge is -2.28. The first-order chi connectivity index (χ1) is 8.57. The summed E-state index contributed by atoms with van der Waals surface area (Å²) in [5, 5.41) is 3.42. The number of fused-ring (bicyclic) bond motifs is 1. The molecule has 0 bridgehead atoms. The Morgan fingerprint density at radius 3 is 2.33 bits per heavy atom. The highest BCUT2D eigenvalue weighted by Gasteiger charge is 2.44. The van der Waals surface area contributed by atoms with Crippen LogP contribution in [0.1, 0.15) is 25.0 Å². The van der Waals surface area contributed by atoms with Gasteiger partial charge in [-0.15, -0.1) is 0 Å². The van der Waals surface area contributed by atoms with Gasteiger partial charge in [0, 0.05) is 12.8 Å². The van der Waals surface area contributed by atoms with Crippen molar-refractivity contribution in [3.8, 4) is 0 Å². The molecule has 18 heavy (non-hydrogen) atoms. The number of hydrogen-bond donors (Lipinski definition) is 1. The summed E-state index contributed by atoms with van der Waals surface area (Å²) in [6.07, 6.45) is 1.45. The Morgan fingerprint density at radius 1 is 1.33 bits per heavy atom. The Morgan fingerprint density at radius 2 is 1.89 bits per heavy atom. The average Bonchev–Trinajstić information content (AvgIpc) is 2.75. The first-order valence-corrected chi connectivity index (χ1v) is 6.47. The summed E-state index contributed by atoms with van der Waals surface area (Å²) in [4.78, 5) is 12.1. The van der Waals surface area contributed by atoms with E-state index in [-0.39, 0.29) is 5.97 Å². The lowest BCUT2D eigenvalue weighted by molar-refractivity contribution is -0.148. The molecule has 0 radical (unpaired) electrons. The van der Waals surface area contributed by atoms with Gasteiger partial charge in [0.1, 0.15) is 5.54 Å². The van der Waals surface area contributed by atoms with E-state index in [1.54, 1.807) is 0 Å². The van der Waals surface area contributed by atoms with Gasteiger partial charge >= 0.3 is 5.97 Å². The lowest BCUT2D eigenvalue weighted by Crippen LogP contribution is -2.54. The van der Waals surface area contributed by atoms with Gasteiger partial charge < -0.3 is 10.1 Å². The molecule has 1 N–H and O–H groups in total. The Labute approximate surface area is 109 Å². The number of carbonyl (C=O) groups excluding carboxylic acids is 1. The zero-order valence-electron chi connectivity index (χ0n) is 11.3. The number of benzene rings is 1. The minimum atomic E-state index is -0.567. The van der Waals surface area contributed by atoms with Crippen LogP contribution in [0.4, 0.5) is 0 Å². The maximum atomic E-state index is 12.1. The normalized spacial score (nSPS) is 16.7. The fourth-order valence-electron chi connectivity index (χ4n) is 2.55. The van der Waals surface area contributed by atoms with Crippen LogP contribution in [0.2, 0.25) is 0 Å². The minimum absolute atomic E-state index is 0.153. The third-order valence-electron chi connectivity index (χ3n) is 3.53. The predicted molar refractivity (Wildman–Crippen MR) is 71.4 cm³/mol. The first-order valence-electron chi connectivity index (χ1n) is 6.47. The molecule has 0 heterocycles. The van der Waals surface area contributed by atoms with Crippen molar-refractivity contribution < 1.29 is 9.53 Å². The maximum absolute atomic E-state index is 12.1. The SMILES string of the molecule is COC(=O)C1(NCC(C)C)Cc2ccccc2C1. The fraction of sp³-hybridized carbons (Fsp3) is 0.533. The topological polar surface area (TPSA) is 38.3 Å². The van der Waals surface area contributed by atoms with E-state index in [0.717, 1.165) is 19.4 Å². The van der Waals surface area contributed by atoms with Crippen LogP contribution in [-0.4, -0.2) is 25.2 Å². The largest absolute Gasteiger partial charge is 0.468 e. The molecule has 98 valence electrons. The summed E-state index contributed by atoms with van der Waals surface area (Å²) in [6, 6.07) is 8.23. The third-order valence-corrected chi connectivity index (χ3v) is 3.53. The second kappa shape index (κ2) is 5.11. The highest BCUT2D eigenvalue weighted by atomic mass is 16.5. The number of nitrogens with one attached hydrogen (secondary N) is 1. The van der Waals surface area contributed by atoms with E-state index < -0.39 is 5.54 Å². The molecule has 0 spiro atoms. The average molecular weight is 247 g/mol. The number of hydrogen-bond acceptors (Lipinski definition) is 3. The summed E-state index contributed by atoms with van der Waals surface area (Å²) in [7, 11) is 1.46. The van der Waals surface area contributed by atoms with Crippen LogP contribution in [-0.2, 0) is 22.4 Å². The Bertz CT molecular complexity index is 415. The molecule has 0 aliphatic heterocycles. The minimum Gasteiger partial charge on any atom is -0.468 e. The Hall–Kier alpha value is -1.35. The maximum Gasteiger partial charge on any atom is 0.326 e. The quantitative estimate of drug-likeness (QED) is 0.826. The van der Waals surface area contributed by atoms with Gasteiger partial charge in [0.2, 0.25) is 0 Å². The molecule has 1 aliphatic rings. The summed E-state index contributed by atoms with van der Waals surface area (Å²) in [6.45, 7) is 5.10. The zero-order chi connectivity index (χ0) is 13.2. The van der Waals surface area contributed by atoms with Crippen LogP contribution >= 0.6 is 0 Å². The van der Waals surface area contributed by atoms with Crippen molar-refractivity contribution in [1.29, 1.82) is 0 Å². The zero-order valence-corrected chi connectivity index (χ0v) is 11.3. The van der Waals surface area contributed by atoms with Gasteiger partial charge in [-0.2, -0.15) is 0 Å². The molecule has 2 rings (SSSR count). The smallest absolute Gasteiger partial charge is 0.326 e. The monoisotopic (exact) mass is 247 g/mol. The molecule has 1 aromatic carbocycles. The molecule has 0 saturated carbocycles. The summed E-state index contributed by atoms with van der Waals surface area (Å²) < 4.78 is 5.00. The van der Waals surface area contributed by atoms with Crippen molar-refractivity contribution in [2.75, 3.05) is 13.7 Å². The van der Waals surface area contributed by atoms with Gasteiger partial charge in [-0.3, -0.25) is 4.79 Å². The van der Waals surface area contributed by atoms with Crippen LogP contribution in [0.3, 0.4) is 0 Å². The van der Waals surface area contributed by atoms with Crippen molar-refractivity contribution in [1.82, 2.24) is 5.32 Å². The fourth-order valence-corrected chi connectivity index (χ4v) is 2.55. The highest BCUT2D eigenvalue weighted by Crippen LogP contribution is 2.31. The van der Waals surface area contributed by atoms with Crippen molar-refractivity contribution in [2.24, 2.45) is 5.92 Å². The van der Waals surface area contributed by atoms with Gasteiger partial charge in [-0.25, -0.2) is 0 Å². The van der Waals surface area contributed by atoms with E-state index in [4.69, 9.17) is 4.74 Å². The molecule has 1 aromatic rings. The third kappa shape index (κ3) is 2.41. The van der Waals surface area contributed by atoms with Gasteiger partial charge in [-0.05, 0) is 23.6 Å².